The van der Waals surface area contributed by atoms with E-state index in [4.69, 9.17) is 14.2 Å². The first-order valence-electron chi connectivity index (χ1n) is 13.8. The van der Waals surface area contributed by atoms with Crippen LogP contribution in [0.1, 0.15) is 15.9 Å². The van der Waals surface area contributed by atoms with Crippen LogP contribution < -0.4 is 19.7 Å². The summed E-state index contributed by atoms with van der Waals surface area (Å²) in [5.41, 5.74) is 1.06. The van der Waals surface area contributed by atoms with E-state index in [9.17, 15) is 18.0 Å². The number of hydrogen-bond acceptors (Lipinski definition) is 10. The Morgan fingerprint density at radius 2 is 1.91 bits per heavy atom. The molecule has 2 fully saturated rings. The number of benzene rings is 2. The van der Waals surface area contributed by atoms with Crippen LogP contribution >= 0.6 is 0 Å². The zero-order chi connectivity index (χ0) is 31.0. The van der Waals surface area contributed by atoms with Crippen molar-refractivity contribution < 1.29 is 32.2 Å². The first kappa shape index (κ1) is 32.0. The second-order valence-corrected chi connectivity index (χ2v) is 10.4. The quantitative estimate of drug-likeness (QED) is 0.209. The van der Waals surface area contributed by atoms with E-state index in [1.807, 2.05) is 37.2 Å². The first-order chi connectivity index (χ1) is 20.6. The Morgan fingerprint density at radius 1 is 1.16 bits per heavy atom. The van der Waals surface area contributed by atoms with Gasteiger partial charge >= 0.3 is 6.18 Å². The van der Waals surface area contributed by atoms with Gasteiger partial charge in [0.2, 0.25) is 5.88 Å². The molecule has 2 heterocycles. The van der Waals surface area contributed by atoms with E-state index < -0.39 is 17.6 Å². The molecule has 10 nitrogen and oxygen atoms in total. The molecule has 0 aliphatic carbocycles. The minimum absolute atomic E-state index is 0.0617. The van der Waals surface area contributed by atoms with Crippen molar-refractivity contribution in [1.82, 2.24) is 9.80 Å². The smallest absolute Gasteiger partial charge is 0.423 e. The molecule has 0 amide bonds. The van der Waals surface area contributed by atoms with Crippen LogP contribution in [0, 0.1) is 0 Å². The predicted molar refractivity (Wildman–Crippen MR) is 161 cm³/mol. The fraction of sp³-hybridized carbons (Fsp3) is 0.433. The standard InChI is InChI=1S/C30H37F3N6O4/c1-34-29(43-27-7-5-6-21(16-37(2)3)24(27)17-40)25(30(31,32)33)15-35-20-36-26-9-8-22(14-28(26)41-4)38-10-12-39(13-11-38)23-18-42-19-23/h5-9,14-15,17,23,36H,1,10-13,16,18-20H2,2-4H3/b29-25-,35-15?. The van der Waals surface area contributed by atoms with Crippen LogP contribution in [0.2, 0.25) is 0 Å². The fourth-order valence-corrected chi connectivity index (χ4v) is 4.89. The van der Waals surface area contributed by atoms with Crippen molar-refractivity contribution in [3.63, 3.8) is 0 Å². The van der Waals surface area contributed by atoms with E-state index in [1.165, 1.54) is 13.2 Å². The van der Waals surface area contributed by atoms with E-state index in [1.54, 1.807) is 12.1 Å². The first-order valence-corrected chi connectivity index (χ1v) is 13.8. The number of ether oxygens (including phenoxy) is 3. The summed E-state index contributed by atoms with van der Waals surface area (Å²) in [6.07, 6.45) is -3.67. The summed E-state index contributed by atoms with van der Waals surface area (Å²) >= 11 is 0. The number of allylic oxidation sites excluding steroid dienone is 1. The number of carbonyl (C=O) groups excluding carboxylic acids is 1. The van der Waals surface area contributed by atoms with E-state index >= 15 is 0 Å². The van der Waals surface area contributed by atoms with E-state index in [-0.39, 0.29) is 18.0 Å². The van der Waals surface area contributed by atoms with Crippen LogP contribution in [-0.2, 0) is 11.3 Å². The second-order valence-electron chi connectivity index (χ2n) is 10.4. The van der Waals surface area contributed by atoms with Gasteiger partial charge in [-0.05, 0) is 44.6 Å². The van der Waals surface area contributed by atoms with Gasteiger partial charge in [-0.1, -0.05) is 12.1 Å². The van der Waals surface area contributed by atoms with Gasteiger partial charge in [0.1, 0.15) is 23.7 Å². The van der Waals surface area contributed by atoms with Gasteiger partial charge in [-0.3, -0.25) is 14.7 Å². The summed E-state index contributed by atoms with van der Waals surface area (Å²) in [6.45, 7) is 8.69. The number of nitrogens with zero attached hydrogens (tertiary/aromatic N) is 5. The van der Waals surface area contributed by atoms with Crippen molar-refractivity contribution in [2.24, 2.45) is 9.98 Å². The highest BCUT2D eigenvalue weighted by atomic mass is 19.4. The Kier molecular flexibility index (Phi) is 10.8. The number of hydrogen-bond donors (Lipinski definition) is 1. The number of rotatable bonds is 13. The minimum atomic E-state index is -4.85. The minimum Gasteiger partial charge on any atom is -0.495 e. The summed E-state index contributed by atoms with van der Waals surface area (Å²) in [4.78, 5) is 25.7. The van der Waals surface area contributed by atoms with Crippen molar-refractivity contribution in [1.29, 1.82) is 0 Å². The number of aldehydes is 1. The van der Waals surface area contributed by atoms with Crippen LogP contribution in [-0.4, -0.2) is 109 Å². The maximum absolute atomic E-state index is 14.0. The number of nitrogens with one attached hydrogen (secondary N) is 1. The Morgan fingerprint density at radius 3 is 2.49 bits per heavy atom. The lowest BCUT2D eigenvalue weighted by Crippen LogP contribution is -2.56. The fourth-order valence-electron chi connectivity index (χ4n) is 4.89. The third-order valence-electron chi connectivity index (χ3n) is 7.23. The van der Waals surface area contributed by atoms with Crippen molar-refractivity contribution in [2.45, 2.75) is 18.8 Å². The third kappa shape index (κ3) is 8.12. The van der Waals surface area contributed by atoms with Gasteiger partial charge in [-0.2, -0.15) is 13.2 Å². The molecule has 2 saturated heterocycles. The van der Waals surface area contributed by atoms with E-state index in [0.717, 1.165) is 45.1 Å². The zero-order valence-corrected chi connectivity index (χ0v) is 24.6. The molecule has 0 unspecified atom stereocenters. The van der Waals surface area contributed by atoms with Crippen LogP contribution in [0.15, 0.2) is 57.8 Å². The molecule has 0 radical (unpaired) electrons. The van der Waals surface area contributed by atoms with Gasteiger partial charge in [0.05, 0.1) is 37.6 Å². The summed E-state index contributed by atoms with van der Waals surface area (Å²) < 4.78 is 58.4. The molecule has 2 aromatic rings. The maximum atomic E-state index is 14.0. The largest absolute Gasteiger partial charge is 0.495 e. The van der Waals surface area contributed by atoms with Gasteiger partial charge in [-0.25, -0.2) is 4.99 Å². The molecule has 0 saturated carbocycles. The number of methoxy groups -OCH3 is 1. The maximum Gasteiger partial charge on any atom is 0.423 e. The molecule has 0 atom stereocenters. The van der Waals surface area contributed by atoms with Gasteiger partial charge in [0.25, 0.3) is 0 Å². The van der Waals surface area contributed by atoms with Crippen LogP contribution in [0.5, 0.6) is 11.5 Å². The highest BCUT2D eigenvalue weighted by Gasteiger charge is 2.37. The molecule has 2 aromatic carbocycles. The molecule has 0 spiro atoms. The number of piperazine rings is 1. The number of anilines is 2. The highest BCUT2D eigenvalue weighted by Crippen LogP contribution is 2.32. The van der Waals surface area contributed by atoms with Gasteiger partial charge in [-0.15, -0.1) is 0 Å². The Bertz CT molecular complexity index is 1340. The Balaban J connectivity index is 1.45. The average molecular weight is 603 g/mol. The zero-order valence-electron chi connectivity index (χ0n) is 24.6. The van der Waals surface area contributed by atoms with Crippen molar-refractivity contribution in [3.8, 4) is 11.5 Å². The number of alkyl halides is 3. The van der Waals surface area contributed by atoms with Gasteiger partial charge in [0, 0.05) is 50.7 Å². The second kappa shape index (κ2) is 14.5. The van der Waals surface area contributed by atoms with E-state index in [0.29, 0.717) is 42.1 Å². The number of halogens is 3. The molecule has 0 bridgehead atoms. The lowest BCUT2D eigenvalue weighted by atomic mass is 10.1. The number of aliphatic imine (C=N–C) groups is 2. The highest BCUT2D eigenvalue weighted by molar-refractivity contribution is 5.83. The SMILES string of the molecule is C=N/C(Oc1cccc(CN(C)C)c1C=O)=C(\C=NCNc1ccc(N2CCN(C3COC3)CC2)cc1OC)C(F)(F)F. The molecule has 4 rings (SSSR count). The summed E-state index contributed by atoms with van der Waals surface area (Å²) in [7, 11) is 5.15. The lowest BCUT2D eigenvalue weighted by molar-refractivity contribution is -0.0879. The van der Waals surface area contributed by atoms with Crippen LogP contribution in [0.3, 0.4) is 0 Å². The van der Waals surface area contributed by atoms with Gasteiger partial charge < -0.3 is 29.3 Å². The summed E-state index contributed by atoms with van der Waals surface area (Å²) in [5, 5.41) is 3.00. The van der Waals surface area contributed by atoms with Crippen molar-refractivity contribution in [2.75, 3.05) is 77.5 Å². The molecular weight excluding hydrogens is 565 g/mol. The van der Waals surface area contributed by atoms with E-state index in [2.05, 4.69) is 31.8 Å². The Labute approximate surface area is 249 Å². The molecule has 2 aliphatic heterocycles. The van der Waals surface area contributed by atoms with Crippen molar-refractivity contribution >= 4 is 30.6 Å². The predicted octanol–water partition coefficient (Wildman–Crippen LogP) is 4.08. The number of carbonyl (C=O) groups is 1. The normalized spacial score (nSPS) is 17.0. The summed E-state index contributed by atoms with van der Waals surface area (Å²) in [6, 6.07) is 10.9. The average Bonchev–Trinajstić information content (AvgIpc) is 2.95. The summed E-state index contributed by atoms with van der Waals surface area (Å²) in [5.74, 6) is -0.327. The lowest BCUT2D eigenvalue weighted by Gasteiger charge is -2.43. The van der Waals surface area contributed by atoms with Crippen LogP contribution in [0.4, 0.5) is 24.5 Å². The molecule has 2 aliphatic rings. The Hall–Kier alpha value is -3.94. The molecule has 232 valence electrons. The topological polar surface area (TPSA) is 91.2 Å². The van der Waals surface area contributed by atoms with Gasteiger partial charge in [0.15, 0.2) is 6.29 Å². The van der Waals surface area contributed by atoms with Crippen molar-refractivity contribution in [3.05, 3.63) is 59.0 Å². The molecule has 13 heteroatoms. The molecule has 43 heavy (non-hydrogen) atoms. The van der Waals surface area contributed by atoms with Crippen LogP contribution in [0.25, 0.3) is 0 Å². The monoisotopic (exact) mass is 602 g/mol. The molecule has 1 N–H and O–H groups in total. The molecule has 0 aromatic heterocycles. The third-order valence-corrected chi connectivity index (χ3v) is 7.23. The molecular formula is C30H37F3N6O4.